The van der Waals surface area contributed by atoms with Gasteiger partial charge in [0.25, 0.3) is 0 Å². The van der Waals surface area contributed by atoms with Gasteiger partial charge in [-0.2, -0.15) is 4.57 Å². The van der Waals surface area contributed by atoms with Gasteiger partial charge in [-0.1, -0.05) is 17.7 Å². The first-order valence-electron chi connectivity index (χ1n) is 8.39. The minimum atomic E-state index is -0.484. The summed E-state index contributed by atoms with van der Waals surface area (Å²) in [5.41, 5.74) is 2.53. The summed E-state index contributed by atoms with van der Waals surface area (Å²) >= 11 is 1.42. The second kappa shape index (κ2) is 7.22. The predicted molar refractivity (Wildman–Crippen MR) is 101 cm³/mol. The molecule has 0 fully saturated rings. The number of hydrogen-bond acceptors (Lipinski definition) is 5. The number of thiazole rings is 1. The van der Waals surface area contributed by atoms with Gasteiger partial charge >= 0.3 is 6.09 Å². The van der Waals surface area contributed by atoms with E-state index in [1.54, 1.807) is 30.9 Å². The van der Waals surface area contributed by atoms with Crippen molar-refractivity contribution in [3.05, 3.63) is 77.7 Å². The summed E-state index contributed by atoms with van der Waals surface area (Å²) in [5.74, 6) is 0. The van der Waals surface area contributed by atoms with Gasteiger partial charge in [-0.05, 0) is 24.8 Å². The summed E-state index contributed by atoms with van der Waals surface area (Å²) in [4.78, 5) is 20.9. The molecule has 0 atom stereocenters. The first-order chi connectivity index (χ1) is 13.2. The molecule has 27 heavy (non-hydrogen) atoms. The van der Waals surface area contributed by atoms with E-state index >= 15 is 0 Å². The largest absolute Gasteiger partial charge is 0.544 e. The van der Waals surface area contributed by atoms with Gasteiger partial charge in [-0.15, -0.1) is 29.7 Å². The summed E-state index contributed by atoms with van der Waals surface area (Å²) in [6, 6.07) is 11.1. The fourth-order valence-corrected chi connectivity index (χ4v) is 3.65. The van der Waals surface area contributed by atoms with Gasteiger partial charge < -0.3 is 14.8 Å². The summed E-state index contributed by atoms with van der Waals surface area (Å²) in [7, 11) is 0. The highest BCUT2D eigenvalue weighted by Crippen LogP contribution is 2.31. The van der Waals surface area contributed by atoms with Crippen LogP contribution in [-0.4, -0.2) is 27.8 Å². The average Bonchev–Trinajstić information content (AvgIpc) is 3.34. The Hall–Kier alpha value is -3.16. The van der Waals surface area contributed by atoms with Gasteiger partial charge in [0.05, 0.1) is 12.8 Å². The van der Waals surface area contributed by atoms with E-state index in [1.807, 2.05) is 36.4 Å². The van der Waals surface area contributed by atoms with Crippen LogP contribution in [0.5, 0.6) is 0 Å². The number of aliphatic hydroxyl groups excluding tert-OH is 1. The van der Waals surface area contributed by atoms with Crippen LogP contribution < -0.4 is 4.57 Å². The molecule has 0 saturated carbocycles. The minimum absolute atomic E-state index is 0.0145. The number of hydrogen-bond donors (Lipinski definition) is 1. The number of pyridine rings is 1. The van der Waals surface area contributed by atoms with E-state index in [0.717, 1.165) is 16.0 Å². The molecule has 6 nitrogen and oxygen atoms in total. The van der Waals surface area contributed by atoms with Crippen LogP contribution in [0.2, 0.25) is 0 Å². The molecule has 4 rings (SSSR count). The van der Waals surface area contributed by atoms with Crippen molar-refractivity contribution in [3.8, 4) is 10.6 Å². The maximum atomic E-state index is 12.2. The van der Waals surface area contributed by atoms with Gasteiger partial charge in [-0.3, -0.25) is 4.98 Å². The highest BCUT2D eigenvalue weighted by atomic mass is 32.1. The minimum Gasteiger partial charge on any atom is -0.441 e. The van der Waals surface area contributed by atoms with Gasteiger partial charge in [0.1, 0.15) is 10.9 Å². The quantitative estimate of drug-likeness (QED) is 0.333. The monoisotopic (exact) mass is 378 g/mol. The number of ether oxygens (including phenoxy) is 1. The zero-order chi connectivity index (χ0) is 18.8. The molecule has 0 saturated heterocycles. The van der Waals surface area contributed by atoms with Crippen LogP contribution in [0.15, 0.2) is 60.4 Å². The molecular weight excluding hydrogens is 362 g/mol. The number of carbonyl (C=O) groups excluding carboxylic acids is 1. The van der Waals surface area contributed by atoms with E-state index in [-0.39, 0.29) is 12.7 Å². The molecule has 0 amide bonds. The van der Waals surface area contributed by atoms with Crippen molar-refractivity contribution in [2.75, 3.05) is 6.61 Å². The number of rotatable bonds is 4. The fraction of sp³-hybridized carbons (Fsp3) is 0.100. The lowest BCUT2D eigenvalue weighted by Crippen LogP contribution is -2.42. The molecule has 4 aromatic rings. The van der Waals surface area contributed by atoms with Crippen LogP contribution in [0, 0.1) is 6.10 Å². The van der Waals surface area contributed by atoms with E-state index in [9.17, 15) is 9.90 Å². The first-order valence-corrected chi connectivity index (χ1v) is 9.26. The molecule has 0 aliphatic rings. The standard InChI is InChI=1S/C20H16N3O3S/c1-2-26-20(25)23-11-15(14-7-3-4-8-17(14)23)18(24)16-12-27-19(22-16)13-6-5-9-21-10-13/h3-12,24H,2H2,1H3/q-1. The van der Waals surface area contributed by atoms with Crippen LogP contribution in [0.25, 0.3) is 21.5 Å². The zero-order valence-corrected chi connectivity index (χ0v) is 15.3. The third-order valence-electron chi connectivity index (χ3n) is 4.09. The van der Waals surface area contributed by atoms with Gasteiger partial charge in [0.2, 0.25) is 5.01 Å². The number of aliphatic hydroxyl groups is 1. The first kappa shape index (κ1) is 17.3. The molecule has 3 heterocycles. The smallest absolute Gasteiger partial charge is 0.441 e. The van der Waals surface area contributed by atoms with E-state index in [0.29, 0.717) is 16.8 Å². The Bertz CT molecular complexity index is 1090. The molecule has 136 valence electrons. The van der Waals surface area contributed by atoms with Gasteiger partial charge in [-0.25, -0.2) is 4.79 Å². The van der Waals surface area contributed by atoms with Gasteiger partial charge in [0.15, 0.2) is 11.3 Å². The number of carbonyl (C=O) groups is 1. The third-order valence-corrected chi connectivity index (χ3v) is 4.98. The molecule has 1 N–H and O–H groups in total. The van der Waals surface area contributed by atoms with Crippen molar-refractivity contribution in [1.29, 1.82) is 0 Å². The van der Waals surface area contributed by atoms with Crippen LogP contribution in [-0.2, 0) is 4.74 Å². The maximum absolute atomic E-state index is 12.2. The molecular formula is C20H16N3O3S-. The number of para-hydroxylation sites is 1. The van der Waals surface area contributed by atoms with Crippen molar-refractivity contribution in [2.24, 2.45) is 0 Å². The molecule has 0 unspecified atom stereocenters. The normalized spacial score (nSPS) is 10.9. The van der Waals surface area contributed by atoms with Crippen LogP contribution >= 0.6 is 11.3 Å². The Balaban J connectivity index is 1.74. The van der Waals surface area contributed by atoms with Crippen molar-refractivity contribution in [2.45, 2.75) is 6.92 Å². The van der Waals surface area contributed by atoms with Crippen LogP contribution in [0.4, 0.5) is 4.79 Å². The zero-order valence-electron chi connectivity index (χ0n) is 14.5. The lowest BCUT2D eigenvalue weighted by atomic mass is 10.1. The van der Waals surface area contributed by atoms with Crippen molar-refractivity contribution in [1.82, 2.24) is 9.97 Å². The lowest BCUT2D eigenvalue weighted by Gasteiger charge is -2.15. The second-order valence-corrected chi connectivity index (χ2v) is 6.62. The van der Waals surface area contributed by atoms with Crippen molar-refractivity contribution >= 4 is 28.3 Å². The molecule has 0 aliphatic carbocycles. The molecule has 1 aromatic carbocycles. The highest BCUT2D eigenvalue weighted by Gasteiger charge is 2.20. The van der Waals surface area contributed by atoms with Crippen molar-refractivity contribution < 1.29 is 19.2 Å². The van der Waals surface area contributed by atoms with E-state index in [1.165, 1.54) is 15.9 Å². The average molecular weight is 378 g/mol. The summed E-state index contributed by atoms with van der Waals surface area (Å²) in [5, 5.41) is 14.2. The van der Waals surface area contributed by atoms with Crippen molar-refractivity contribution in [3.63, 3.8) is 0 Å². The Morgan fingerprint density at radius 2 is 2.26 bits per heavy atom. The molecule has 0 spiro atoms. The van der Waals surface area contributed by atoms with E-state index in [2.05, 4.69) is 9.97 Å². The summed E-state index contributed by atoms with van der Waals surface area (Å²) in [6.45, 7) is 2.03. The molecule has 0 bridgehead atoms. The highest BCUT2D eigenvalue weighted by molar-refractivity contribution is 7.13. The fourth-order valence-electron chi connectivity index (χ4n) is 2.85. The lowest BCUT2D eigenvalue weighted by molar-refractivity contribution is -0.556. The second-order valence-electron chi connectivity index (χ2n) is 5.76. The summed E-state index contributed by atoms with van der Waals surface area (Å²) < 4.78 is 6.51. The maximum Gasteiger partial charge on any atom is 0.544 e. The van der Waals surface area contributed by atoms with E-state index < -0.39 is 6.09 Å². The molecule has 0 aliphatic heterocycles. The number of aromatic nitrogens is 3. The van der Waals surface area contributed by atoms with Crippen LogP contribution in [0.3, 0.4) is 0 Å². The molecule has 3 aromatic heterocycles. The predicted octanol–water partition coefficient (Wildman–Crippen LogP) is 3.67. The molecule has 0 radical (unpaired) electrons. The topological polar surface area (TPSA) is 76.2 Å². The SMILES string of the molecule is CCOC(=O)[n+]1cc([C-](O)c2c[s+][c-](-c3cccnc3)n2)c2cccc[c-]21. The summed E-state index contributed by atoms with van der Waals surface area (Å²) in [6.07, 6.45) is 4.54. The number of nitrogens with zero attached hydrogens (tertiary/aromatic N) is 3. The third kappa shape index (κ3) is 3.18. The number of fused-ring (bicyclic) bond motifs is 1. The Morgan fingerprint density at radius 3 is 3.04 bits per heavy atom. The Morgan fingerprint density at radius 1 is 1.37 bits per heavy atom. The van der Waals surface area contributed by atoms with E-state index in [4.69, 9.17) is 4.74 Å². The van der Waals surface area contributed by atoms with Gasteiger partial charge in [0, 0.05) is 11.9 Å². The van der Waals surface area contributed by atoms with Crippen LogP contribution in [0.1, 0.15) is 18.2 Å². The Labute approximate surface area is 159 Å². The number of benzene rings is 1. The Kier molecular flexibility index (Phi) is 4.62. The molecule has 7 heteroatoms.